The van der Waals surface area contributed by atoms with E-state index in [0.29, 0.717) is 5.69 Å². The predicted octanol–water partition coefficient (Wildman–Crippen LogP) is 5.49. The van der Waals surface area contributed by atoms with Crippen molar-refractivity contribution in [2.45, 2.75) is 18.9 Å². The molecule has 0 radical (unpaired) electrons. The van der Waals surface area contributed by atoms with Crippen LogP contribution in [0.25, 0.3) is 5.57 Å². The first-order chi connectivity index (χ1) is 16.9. The predicted molar refractivity (Wildman–Crippen MR) is 116 cm³/mol. The summed E-state index contributed by atoms with van der Waals surface area (Å²) in [5.41, 5.74) is -1.73. The fourth-order valence-electron chi connectivity index (χ4n) is 3.46. The Morgan fingerprint density at radius 2 is 1.31 bits per heavy atom. The molecule has 0 saturated carbocycles. The van der Waals surface area contributed by atoms with E-state index in [1.165, 1.54) is 6.20 Å². The number of rotatable bonds is 3. The monoisotopic (exact) mass is 500 g/mol. The lowest BCUT2D eigenvalue weighted by Crippen LogP contribution is -2.31. The minimum Gasteiger partial charge on any atom is -0.269 e. The Morgan fingerprint density at radius 3 is 1.83 bits per heavy atom. The summed E-state index contributed by atoms with van der Waals surface area (Å²) in [5.74, 6) is 3.54. The van der Waals surface area contributed by atoms with Crippen LogP contribution >= 0.6 is 0 Å². The molecular formula is C26H14F6N2O2. The van der Waals surface area contributed by atoms with E-state index in [9.17, 15) is 35.9 Å². The zero-order chi connectivity index (χ0) is 26.1. The quantitative estimate of drug-likeness (QED) is 0.272. The molecule has 4 rings (SSSR count). The van der Waals surface area contributed by atoms with Crippen molar-refractivity contribution in [3.05, 3.63) is 106 Å². The number of benzene rings is 2. The first kappa shape index (κ1) is 24.7. The lowest BCUT2D eigenvalue weighted by atomic mass is 10.00. The molecule has 0 unspecified atom stereocenters. The Morgan fingerprint density at radius 1 is 0.722 bits per heavy atom. The molecule has 36 heavy (non-hydrogen) atoms. The Kier molecular flexibility index (Phi) is 6.41. The number of carbonyl (C=O) groups is 2. The van der Waals surface area contributed by atoms with Gasteiger partial charge in [0.05, 0.1) is 28.9 Å². The molecule has 0 aliphatic carbocycles. The number of hydrogen-bond donors (Lipinski definition) is 0. The van der Waals surface area contributed by atoms with Gasteiger partial charge in [-0.3, -0.25) is 19.5 Å². The Hall–Kier alpha value is -4.39. The van der Waals surface area contributed by atoms with Gasteiger partial charge in [0.2, 0.25) is 0 Å². The number of alkyl halides is 6. The molecule has 1 aliphatic heterocycles. The summed E-state index contributed by atoms with van der Waals surface area (Å²) >= 11 is 0. The number of aromatic nitrogens is 1. The van der Waals surface area contributed by atoms with Crippen LogP contribution in [0.15, 0.2) is 78.5 Å². The number of carbonyl (C=O) groups excluding carboxylic acids is 2. The van der Waals surface area contributed by atoms with E-state index in [2.05, 4.69) is 16.8 Å². The maximum Gasteiger partial charge on any atom is 0.416 e. The highest BCUT2D eigenvalue weighted by molar-refractivity contribution is 6.37. The van der Waals surface area contributed by atoms with E-state index in [1.54, 1.807) is 18.2 Å². The molecule has 0 N–H and O–H groups in total. The smallest absolute Gasteiger partial charge is 0.269 e. The van der Waals surface area contributed by atoms with E-state index in [-0.39, 0.29) is 28.8 Å². The van der Waals surface area contributed by atoms with Gasteiger partial charge in [-0.15, -0.1) is 0 Å². The average Bonchev–Trinajstić information content (AvgIpc) is 3.07. The molecule has 0 atom stereocenters. The van der Waals surface area contributed by atoms with Crippen LogP contribution in [0.4, 0.5) is 26.3 Å². The van der Waals surface area contributed by atoms with Crippen molar-refractivity contribution in [2.75, 3.05) is 0 Å². The third kappa shape index (κ3) is 5.15. The van der Waals surface area contributed by atoms with Crippen LogP contribution in [0.1, 0.15) is 27.9 Å². The zero-order valence-corrected chi connectivity index (χ0v) is 18.1. The van der Waals surface area contributed by atoms with E-state index in [0.717, 1.165) is 53.4 Å². The molecule has 2 heterocycles. The fraction of sp³-hybridized carbons (Fsp3) is 0.115. The summed E-state index contributed by atoms with van der Waals surface area (Å²) in [6, 6.07) is 12.4. The molecular weight excluding hydrogens is 486 g/mol. The minimum absolute atomic E-state index is 0.0431. The fourth-order valence-corrected chi connectivity index (χ4v) is 3.46. The number of amides is 2. The number of nitrogens with zero attached hydrogens (tertiary/aromatic N) is 2. The third-order valence-corrected chi connectivity index (χ3v) is 5.26. The number of hydrogen-bond acceptors (Lipinski definition) is 3. The van der Waals surface area contributed by atoms with Gasteiger partial charge in [-0.05, 0) is 54.1 Å². The van der Waals surface area contributed by atoms with Gasteiger partial charge < -0.3 is 0 Å². The highest BCUT2D eigenvalue weighted by Crippen LogP contribution is 2.34. The molecule has 10 heteroatoms. The maximum absolute atomic E-state index is 13.2. The molecule has 0 fully saturated rings. The van der Waals surface area contributed by atoms with Crippen LogP contribution in [0, 0.1) is 11.8 Å². The van der Waals surface area contributed by atoms with Crippen molar-refractivity contribution < 1.29 is 35.9 Å². The molecule has 0 bridgehead atoms. The van der Waals surface area contributed by atoms with Crippen LogP contribution < -0.4 is 0 Å². The van der Waals surface area contributed by atoms with E-state index in [4.69, 9.17) is 0 Å². The first-order valence-corrected chi connectivity index (χ1v) is 10.3. The van der Waals surface area contributed by atoms with Crippen LogP contribution in [0.3, 0.4) is 0 Å². The van der Waals surface area contributed by atoms with Gasteiger partial charge >= 0.3 is 12.4 Å². The normalized spacial score (nSPS) is 14.2. The third-order valence-electron chi connectivity index (χ3n) is 5.26. The molecule has 1 aliphatic rings. The lowest BCUT2D eigenvalue weighted by molar-refractivity contribution is -0.138. The van der Waals surface area contributed by atoms with Gasteiger partial charge in [0.1, 0.15) is 5.57 Å². The van der Waals surface area contributed by atoms with Gasteiger partial charge in [-0.25, -0.2) is 0 Å². The molecule has 182 valence electrons. The van der Waals surface area contributed by atoms with Crippen LogP contribution in [0.2, 0.25) is 0 Å². The van der Waals surface area contributed by atoms with Crippen LogP contribution in [-0.2, 0) is 28.5 Å². The molecule has 1 aromatic heterocycles. The van der Waals surface area contributed by atoms with E-state index < -0.39 is 35.3 Å². The first-order valence-electron chi connectivity index (χ1n) is 10.3. The summed E-state index contributed by atoms with van der Waals surface area (Å²) in [4.78, 5) is 31.3. The van der Waals surface area contributed by atoms with Crippen molar-refractivity contribution >= 4 is 17.4 Å². The Balaban J connectivity index is 1.75. The summed E-state index contributed by atoms with van der Waals surface area (Å²) in [6.45, 7) is -0.200. The second-order valence-corrected chi connectivity index (χ2v) is 7.67. The number of halogens is 6. The van der Waals surface area contributed by atoms with E-state index in [1.807, 2.05) is 0 Å². The van der Waals surface area contributed by atoms with Gasteiger partial charge in [-0.1, -0.05) is 30.0 Å². The van der Waals surface area contributed by atoms with Crippen LogP contribution in [-0.4, -0.2) is 21.7 Å². The Labute approximate surface area is 200 Å². The summed E-state index contributed by atoms with van der Waals surface area (Å²) < 4.78 is 77.4. The second-order valence-electron chi connectivity index (χ2n) is 7.67. The van der Waals surface area contributed by atoms with Crippen molar-refractivity contribution in [1.29, 1.82) is 0 Å². The number of pyridine rings is 1. The molecule has 0 saturated heterocycles. The molecule has 0 spiro atoms. The minimum atomic E-state index is -4.60. The molecule has 2 aromatic carbocycles. The maximum atomic E-state index is 13.2. The zero-order valence-electron chi connectivity index (χ0n) is 18.1. The topological polar surface area (TPSA) is 50.3 Å². The largest absolute Gasteiger partial charge is 0.416 e. The van der Waals surface area contributed by atoms with Gasteiger partial charge in [0.25, 0.3) is 11.8 Å². The Bertz CT molecular complexity index is 1400. The number of imide groups is 1. The molecule has 2 amide bonds. The van der Waals surface area contributed by atoms with E-state index >= 15 is 0 Å². The van der Waals surface area contributed by atoms with Crippen LogP contribution in [0.5, 0.6) is 0 Å². The van der Waals surface area contributed by atoms with Gasteiger partial charge in [-0.2, -0.15) is 26.3 Å². The second kappa shape index (κ2) is 9.34. The average molecular weight is 500 g/mol. The van der Waals surface area contributed by atoms with Gasteiger partial charge in [0, 0.05) is 11.8 Å². The summed E-state index contributed by atoms with van der Waals surface area (Å²) in [7, 11) is 0. The van der Waals surface area contributed by atoms with Gasteiger partial charge in [0.15, 0.2) is 0 Å². The summed E-state index contributed by atoms with van der Waals surface area (Å²) in [5, 5.41) is 0. The van der Waals surface area contributed by atoms with Crippen molar-refractivity contribution in [3.8, 4) is 11.8 Å². The SMILES string of the molecule is O=C1C(C#Cc2ccc(C(F)(F)F)cc2)=C(c2ccc(C(F)(F)F)cc2)C(=O)N1Cc1ccccn1. The highest BCUT2D eigenvalue weighted by Gasteiger charge is 2.39. The van der Waals surface area contributed by atoms with Crippen molar-refractivity contribution in [3.63, 3.8) is 0 Å². The van der Waals surface area contributed by atoms with Crippen molar-refractivity contribution in [2.24, 2.45) is 0 Å². The molecule has 3 aromatic rings. The summed E-state index contributed by atoms with van der Waals surface area (Å²) in [6.07, 6.45) is -7.67. The lowest BCUT2D eigenvalue weighted by Gasteiger charge is -2.14. The standard InChI is InChI=1S/C26H14F6N2O2/c27-25(28,29)18-9-4-16(5-10-18)6-13-21-22(17-7-11-19(12-8-17)26(30,31)32)24(36)34(23(21)35)15-20-3-1-2-14-33-20/h1-5,7-12,14H,15H2. The molecule has 4 nitrogen and oxygen atoms in total. The highest BCUT2D eigenvalue weighted by atomic mass is 19.4. The van der Waals surface area contributed by atoms with Crippen molar-refractivity contribution in [1.82, 2.24) is 9.88 Å².